The van der Waals surface area contributed by atoms with Crippen molar-refractivity contribution in [1.29, 1.82) is 0 Å². The summed E-state index contributed by atoms with van der Waals surface area (Å²) >= 11 is 5.68. The molecule has 2 aromatic heterocycles. The summed E-state index contributed by atoms with van der Waals surface area (Å²) in [6.07, 6.45) is -11.2. The molecule has 0 amide bonds. The zero-order valence-corrected chi connectivity index (χ0v) is 13.3. The molecule has 0 radical (unpaired) electrons. The van der Waals surface area contributed by atoms with Crippen molar-refractivity contribution in [3.8, 4) is 11.5 Å². The Labute approximate surface area is 167 Å². The van der Waals surface area contributed by atoms with E-state index in [0.717, 1.165) is 6.07 Å². The van der Waals surface area contributed by atoms with E-state index in [0.29, 0.717) is 0 Å². The summed E-state index contributed by atoms with van der Waals surface area (Å²) in [6, 6.07) is -8.27. The van der Waals surface area contributed by atoms with E-state index in [-0.39, 0.29) is 0 Å². The number of aromatic nitrogens is 4. The van der Waals surface area contributed by atoms with Gasteiger partial charge in [-0.1, -0.05) is 17.6 Å². The predicted molar refractivity (Wildman–Crippen MR) is 86.3 cm³/mol. The third kappa shape index (κ3) is 5.81. The van der Waals surface area contributed by atoms with Crippen molar-refractivity contribution in [3.05, 3.63) is 23.3 Å². The zero-order valence-electron chi connectivity index (χ0n) is 21.6. The van der Waals surface area contributed by atoms with E-state index >= 15 is 0 Å². The number of halogens is 7. The summed E-state index contributed by atoms with van der Waals surface area (Å²) in [7, 11) is 0. The molecule has 2 heterocycles. The van der Waals surface area contributed by atoms with Crippen molar-refractivity contribution in [2.75, 3.05) is 10.6 Å². The van der Waals surface area contributed by atoms with Crippen molar-refractivity contribution in [1.82, 2.24) is 19.9 Å². The molecule has 2 aromatic rings. The molecule has 0 bridgehead atoms. The lowest BCUT2D eigenvalue weighted by Crippen LogP contribution is -2.35. The highest BCUT2D eigenvalue weighted by Gasteiger charge is 2.38. The van der Waals surface area contributed by atoms with E-state index in [1.165, 1.54) is 10.6 Å². The minimum atomic E-state index is -5.80. The van der Waals surface area contributed by atoms with Gasteiger partial charge in [0, 0.05) is 8.22 Å². The van der Waals surface area contributed by atoms with E-state index in [9.17, 15) is 26.3 Å². The van der Waals surface area contributed by atoms with Crippen molar-refractivity contribution >= 4 is 23.5 Å². The first kappa shape index (κ1) is 11.5. The molecule has 2 unspecified atom stereocenters. The summed E-state index contributed by atoms with van der Waals surface area (Å²) in [6.45, 7) is -7.87. The number of hydrogen-bond donors (Lipinski definition) is 2. The van der Waals surface area contributed by atoms with Crippen molar-refractivity contribution in [2.45, 2.75) is 38.1 Å². The van der Waals surface area contributed by atoms with Crippen LogP contribution in [0.3, 0.4) is 0 Å². The highest BCUT2D eigenvalue weighted by Crippen LogP contribution is 2.26. The SMILES string of the molecule is [2H]c1cc(-c2nc(NC(C([2H])([2H])[2H])C(F)(F)F)nc(NC([2H])(C([2H])([2H])[2H])C(F)(F)F)n2)nc(Cl)c1[2H]. The lowest BCUT2D eigenvalue weighted by atomic mass is 10.3. The van der Waals surface area contributed by atoms with Gasteiger partial charge in [-0.05, 0) is 25.8 Å². The molecule has 0 fully saturated rings. The molecule has 13 heteroatoms. The Kier molecular flexibility index (Phi) is 3.27. The quantitative estimate of drug-likeness (QED) is 0.551. The predicted octanol–water partition coefficient (Wildman–Crippen LogP) is 4.31. The Balaban J connectivity index is 2.76. The van der Waals surface area contributed by atoms with E-state index in [1.807, 2.05) is 0 Å². The molecule has 27 heavy (non-hydrogen) atoms. The Morgan fingerprint density at radius 1 is 1.04 bits per heavy atom. The highest BCUT2D eigenvalue weighted by atomic mass is 35.5. The minimum Gasteiger partial charge on any atom is -0.343 e. The highest BCUT2D eigenvalue weighted by molar-refractivity contribution is 6.29. The van der Waals surface area contributed by atoms with Crippen LogP contribution in [0.2, 0.25) is 5.15 Å². The van der Waals surface area contributed by atoms with Gasteiger partial charge in [-0.15, -0.1) is 0 Å². The van der Waals surface area contributed by atoms with Crippen LogP contribution >= 0.6 is 11.6 Å². The summed E-state index contributed by atoms with van der Waals surface area (Å²) in [5, 5.41) is 1.95. The van der Waals surface area contributed by atoms with Gasteiger partial charge in [0.25, 0.3) is 0 Å². The van der Waals surface area contributed by atoms with Gasteiger partial charge in [0.1, 0.15) is 22.9 Å². The van der Waals surface area contributed by atoms with E-state index in [4.69, 9.17) is 23.9 Å². The van der Waals surface area contributed by atoms with Gasteiger partial charge in [-0.25, -0.2) is 4.98 Å². The second-order valence-corrected chi connectivity index (χ2v) is 4.98. The molecule has 0 saturated heterocycles. The number of nitrogens with one attached hydrogen (secondary N) is 2. The second-order valence-electron chi connectivity index (χ2n) is 4.62. The van der Waals surface area contributed by atoms with Crippen LogP contribution < -0.4 is 10.6 Å². The van der Waals surface area contributed by atoms with Gasteiger partial charge in [0.2, 0.25) is 11.9 Å². The molecule has 2 atom stereocenters. The average molecular weight is 424 g/mol. The van der Waals surface area contributed by atoms with Gasteiger partial charge >= 0.3 is 12.4 Å². The van der Waals surface area contributed by atoms with Gasteiger partial charge in [-0.2, -0.15) is 41.3 Å². The first-order chi connectivity index (χ1) is 16.0. The largest absolute Gasteiger partial charge is 0.408 e. The van der Waals surface area contributed by atoms with E-state index < -0.39 is 78.8 Å². The fraction of sp³-hybridized carbons (Fsp3) is 0.429. The van der Waals surface area contributed by atoms with Gasteiger partial charge < -0.3 is 10.6 Å². The third-order valence-electron chi connectivity index (χ3n) is 2.59. The molecule has 0 saturated carbocycles. The Morgan fingerprint density at radius 2 is 1.70 bits per heavy atom. The number of rotatable bonds is 5. The minimum absolute atomic E-state index is 0.580. The molecule has 0 aliphatic carbocycles. The van der Waals surface area contributed by atoms with Crippen molar-refractivity contribution < 1.29 is 38.7 Å². The Bertz CT molecular complexity index is 1070. The maximum absolute atomic E-state index is 13.5. The molecule has 6 nitrogen and oxygen atoms in total. The Morgan fingerprint density at radius 3 is 2.22 bits per heavy atom. The van der Waals surface area contributed by atoms with Gasteiger partial charge in [0.15, 0.2) is 5.82 Å². The number of pyridine rings is 1. The first-order valence-corrected chi connectivity index (χ1v) is 6.93. The number of nitrogens with zero attached hydrogens (tertiary/aromatic N) is 4. The van der Waals surface area contributed by atoms with Gasteiger partial charge in [-0.3, -0.25) is 0 Å². The lowest BCUT2D eigenvalue weighted by Gasteiger charge is -2.20. The zero-order chi connectivity index (χ0) is 28.1. The van der Waals surface area contributed by atoms with E-state index in [2.05, 4.69) is 19.9 Å². The number of anilines is 2. The molecule has 0 aromatic carbocycles. The normalized spacial score (nSPS) is 21.5. The molecule has 2 rings (SSSR count). The van der Waals surface area contributed by atoms with Gasteiger partial charge in [0.05, 0.1) is 4.11 Å². The molecule has 2 N–H and O–H groups in total. The van der Waals surface area contributed by atoms with Crippen LogP contribution in [-0.2, 0) is 0 Å². The fourth-order valence-electron chi connectivity index (χ4n) is 1.45. The maximum atomic E-state index is 13.5. The molecular weight excluding hydrogens is 402 g/mol. The third-order valence-corrected chi connectivity index (χ3v) is 2.77. The lowest BCUT2D eigenvalue weighted by molar-refractivity contribution is -0.139. The van der Waals surface area contributed by atoms with Crippen LogP contribution in [0.1, 0.15) is 26.0 Å². The maximum Gasteiger partial charge on any atom is 0.408 e. The summed E-state index contributed by atoms with van der Waals surface area (Å²) in [4.78, 5) is 13.7. The standard InChI is InChI=1S/C14H13ClF6N6/c1-6(13(16,17)18)22-11-25-10(8-4-3-5-9(15)24-8)26-12(27-11)23-7(2)14(19,20)21/h3-7H,1-2H3,(H2,22,23,25,26,27)/i1D3,2D3,3D,5D,6D. The van der Waals surface area contributed by atoms with Crippen molar-refractivity contribution in [3.63, 3.8) is 0 Å². The van der Waals surface area contributed by atoms with Crippen LogP contribution in [0.15, 0.2) is 18.2 Å². The average Bonchev–Trinajstić information content (AvgIpc) is 2.66. The second kappa shape index (κ2) is 7.71. The topological polar surface area (TPSA) is 75.6 Å². The monoisotopic (exact) mass is 423 g/mol. The van der Waals surface area contributed by atoms with Crippen LogP contribution in [0, 0.1) is 0 Å². The summed E-state index contributed by atoms with van der Waals surface area (Å²) in [5.41, 5.74) is -0.580. The summed E-state index contributed by atoms with van der Waals surface area (Å²) in [5.74, 6) is -3.60. The molecule has 0 aliphatic rings. The fourth-order valence-corrected chi connectivity index (χ4v) is 1.59. The van der Waals surface area contributed by atoms with Crippen LogP contribution in [0.4, 0.5) is 38.2 Å². The molecular formula is C14H13ClF6N6. The number of alkyl halides is 6. The first-order valence-electron chi connectivity index (χ1n) is 11.1. The smallest absolute Gasteiger partial charge is 0.343 e. The van der Waals surface area contributed by atoms with Crippen LogP contribution in [0.25, 0.3) is 11.5 Å². The number of hydrogen-bond acceptors (Lipinski definition) is 6. The Hall–Kier alpha value is -2.37. The van der Waals surface area contributed by atoms with Crippen LogP contribution in [0.5, 0.6) is 0 Å². The molecule has 148 valence electrons. The van der Waals surface area contributed by atoms with Crippen LogP contribution in [-0.4, -0.2) is 44.3 Å². The molecule has 0 aliphatic heterocycles. The van der Waals surface area contributed by atoms with E-state index in [1.54, 1.807) is 0 Å². The van der Waals surface area contributed by atoms with Crippen molar-refractivity contribution in [2.24, 2.45) is 0 Å². The molecule has 0 spiro atoms. The summed E-state index contributed by atoms with van der Waals surface area (Å²) < 4.78 is 146.